The highest BCUT2D eigenvalue weighted by atomic mass is 32.2. The Morgan fingerprint density at radius 3 is 2.38 bits per heavy atom. The van der Waals surface area contributed by atoms with Gasteiger partial charge < -0.3 is 5.11 Å². The Morgan fingerprint density at radius 2 is 1.76 bits per heavy atom. The lowest BCUT2D eigenvalue weighted by Crippen LogP contribution is -2.22. The average molecular weight is 305 g/mol. The van der Waals surface area contributed by atoms with Gasteiger partial charge in [-0.15, -0.1) is 0 Å². The standard InChI is InChI=1S/C15H15NO4S/c1-16(2)21(19,20)13-7-3-5-11(9-13)14-8-4-6-12(10-17)15(14)18/h3-10,18H,1-2H3. The Kier molecular flexibility index (Phi) is 4.11. The fourth-order valence-electron chi connectivity index (χ4n) is 1.92. The number of carbonyl (C=O) groups is 1. The molecule has 0 atom stereocenters. The first-order chi connectivity index (χ1) is 9.87. The molecule has 0 aromatic heterocycles. The van der Waals surface area contributed by atoms with Crippen LogP contribution < -0.4 is 0 Å². The zero-order valence-corrected chi connectivity index (χ0v) is 12.5. The molecule has 5 nitrogen and oxygen atoms in total. The topological polar surface area (TPSA) is 74.7 Å². The van der Waals surface area contributed by atoms with Crippen LogP contribution in [-0.2, 0) is 10.0 Å². The van der Waals surface area contributed by atoms with Crippen LogP contribution in [0.15, 0.2) is 47.4 Å². The average Bonchev–Trinajstić information content (AvgIpc) is 2.47. The van der Waals surface area contributed by atoms with Crippen LogP contribution in [0.3, 0.4) is 0 Å². The van der Waals surface area contributed by atoms with Gasteiger partial charge in [-0.05, 0) is 23.8 Å². The smallest absolute Gasteiger partial charge is 0.242 e. The molecule has 0 saturated heterocycles. The summed E-state index contributed by atoms with van der Waals surface area (Å²) in [6.07, 6.45) is 0.555. The predicted octanol–water partition coefficient (Wildman–Crippen LogP) is 2.12. The molecule has 2 aromatic carbocycles. The number of hydrogen-bond acceptors (Lipinski definition) is 4. The molecular formula is C15H15NO4S. The number of sulfonamides is 1. The van der Waals surface area contributed by atoms with Gasteiger partial charge in [0, 0.05) is 19.7 Å². The Labute approximate surface area is 123 Å². The zero-order chi connectivity index (χ0) is 15.6. The molecule has 1 N–H and O–H groups in total. The summed E-state index contributed by atoms with van der Waals surface area (Å²) in [5.41, 5.74) is 1.10. The number of aldehydes is 1. The molecule has 2 rings (SSSR count). The summed E-state index contributed by atoms with van der Waals surface area (Å²) < 4.78 is 25.4. The quantitative estimate of drug-likeness (QED) is 0.878. The normalized spacial score (nSPS) is 11.6. The van der Waals surface area contributed by atoms with E-state index in [1.165, 1.54) is 32.3 Å². The van der Waals surface area contributed by atoms with Gasteiger partial charge in [-0.3, -0.25) is 4.79 Å². The Balaban J connectivity index is 2.61. The molecule has 0 amide bonds. The number of nitrogens with zero attached hydrogens (tertiary/aromatic N) is 1. The lowest BCUT2D eigenvalue weighted by molar-refractivity contribution is 0.112. The van der Waals surface area contributed by atoms with E-state index in [0.29, 0.717) is 17.4 Å². The van der Waals surface area contributed by atoms with E-state index in [1.54, 1.807) is 24.3 Å². The molecule has 0 aliphatic carbocycles. The van der Waals surface area contributed by atoms with Crippen LogP contribution >= 0.6 is 0 Å². The van der Waals surface area contributed by atoms with Gasteiger partial charge in [0.15, 0.2) is 6.29 Å². The number of aromatic hydroxyl groups is 1. The lowest BCUT2D eigenvalue weighted by atomic mass is 10.0. The second-order valence-electron chi connectivity index (χ2n) is 4.68. The van der Waals surface area contributed by atoms with Gasteiger partial charge in [-0.25, -0.2) is 12.7 Å². The largest absolute Gasteiger partial charge is 0.507 e. The van der Waals surface area contributed by atoms with E-state index < -0.39 is 10.0 Å². The highest BCUT2D eigenvalue weighted by Crippen LogP contribution is 2.32. The monoisotopic (exact) mass is 305 g/mol. The number of phenols is 1. The Hall–Kier alpha value is -2.18. The molecule has 21 heavy (non-hydrogen) atoms. The molecule has 2 aromatic rings. The van der Waals surface area contributed by atoms with Crippen LogP contribution in [-0.4, -0.2) is 38.2 Å². The molecule has 0 saturated carbocycles. The molecule has 0 fully saturated rings. The number of rotatable bonds is 4. The van der Waals surface area contributed by atoms with Crippen molar-refractivity contribution in [3.63, 3.8) is 0 Å². The van der Waals surface area contributed by atoms with Gasteiger partial charge in [0.2, 0.25) is 10.0 Å². The summed E-state index contributed by atoms with van der Waals surface area (Å²) in [5.74, 6) is -0.160. The summed E-state index contributed by atoms with van der Waals surface area (Å²) in [6.45, 7) is 0. The highest BCUT2D eigenvalue weighted by Gasteiger charge is 2.18. The van der Waals surface area contributed by atoms with Gasteiger partial charge in [0.25, 0.3) is 0 Å². The number of carbonyl (C=O) groups excluding carboxylic acids is 1. The molecule has 110 valence electrons. The molecule has 0 heterocycles. The van der Waals surface area contributed by atoms with Crippen LogP contribution in [0.5, 0.6) is 5.75 Å². The second kappa shape index (κ2) is 5.67. The minimum absolute atomic E-state index is 0.126. The van der Waals surface area contributed by atoms with Crippen LogP contribution in [0.1, 0.15) is 10.4 Å². The first kappa shape index (κ1) is 15.2. The maximum atomic E-state index is 12.1. The van der Waals surface area contributed by atoms with Crippen molar-refractivity contribution < 1.29 is 18.3 Å². The molecule has 0 spiro atoms. The number of hydrogen-bond donors (Lipinski definition) is 1. The number of para-hydroxylation sites is 1. The Bertz CT molecular complexity index is 782. The van der Waals surface area contributed by atoms with Crippen molar-refractivity contribution in [2.45, 2.75) is 4.90 Å². The highest BCUT2D eigenvalue weighted by molar-refractivity contribution is 7.89. The van der Waals surface area contributed by atoms with E-state index in [2.05, 4.69) is 0 Å². The van der Waals surface area contributed by atoms with Crippen LogP contribution in [0.2, 0.25) is 0 Å². The van der Waals surface area contributed by atoms with E-state index in [0.717, 1.165) is 4.31 Å². The fourth-order valence-corrected chi connectivity index (χ4v) is 2.87. The number of phenolic OH excluding ortho intramolecular Hbond substituents is 1. The summed E-state index contributed by atoms with van der Waals surface area (Å²) in [7, 11) is -0.652. The summed E-state index contributed by atoms with van der Waals surface area (Å²) in [4.78, 5) is 11.0. The van der Waals surface area contributed by atoms with E-state index in [4.69, 9.17) is 0 Å². The molecule has 0 radical (unpaired) electrons. The second-order valence-corrected chi connectivity index (χ2v) is 6.83. The van der Waals surface area contributed by atoms with Crippen molar-refractivity contribution in [2.75, 3.05) is 14.1 Å². The third-order valence-corrected chi connectivity index (χ3v) is 4.93. The van der Waals surface area contributed by atoms with E-state index in [-0.39, 0.29) is 16.2 Å². The van der Waals surface area contributed by atoms with Crippen LogP contribution in [0.25, 0.3) is 11.1 Å². The van der Waals surface area contributed by atoms with Gasteiger partial charge >= 0.3 is 0 Å². The maximum absolute atomic E-state index is 12.1. The van der Waals surface area contributed by atoms with Crippen LogP contribution in [0, 0.1) is 0 Å². The van der Waals surface area contributed by atoms with Crippen molar-refractivity contribution in [1.82, 2.24) is 4.31 Å². The maximum Gasteiger partial charge on any atom is 0.242 e. The first-order valence-electron chi connectivity index (χ1n) is 6.18. The molecule has 0 aliphatic rings. The zero-order valence-electron chi connectivity index (χ0n) is 11.6. The predicted molar refractivity (Wildman–Crippen MR) is 79.8 cm³/mol. The summed E-state index contributed by atoms with van der Waals surface area (Å²) in [5, 5.41) is 10.1. The molecule has 0 bridgehead atoms. The van der Waals surface area contributed by atoms with Gasteiger partial charge in [-0.2, -0.15) is 0 Å². The number of benzene rings is 2. The molecule has 6 heteroatoms. The SMILES string of the molecule is CN(C)S(=O)(=O)c1cccc(-c2cccc(C=O)c2O)c1. The first-order valence-corrected chi connectivity index (χ1v) is 7.62. The van der Waals surface area contributed by atoms with Crippen molar-refractivity contribution in [3.8, 4) is 16.9 Å². The van der Waals surface area contributed by atoms with E-state index in [1.807, 2.05) is 0 Å². The molecular weight excluding hydrogens is 290 g/mol. The van der Waals surface area contributed by atoms with Gasteiger partial charge in [0.05, 0.1) is 10.5 Å². The fraction of sp³-hybridized carbons (Fsp3) is 0.133. The molecule has 0 aliphatic heterocycles. The van der Waals surface area contributed by atoms with Crippen molar-refractivity contribution in [3.05, 3.63) is 48.0 Å². The van der Waals surface area contributed by atoms with E-state index >= 15 is 0 Å². The van der Waals surface area contributed by atoms with Crippen LogP contribution in [0.4, 0.5) is 0 Å². The minimum atomic E-state index is -3.55. The van der Waals surface area contributed by atoms with Crippen molar-refractivity contribution in [1.29, 1.82) is 0 Å². The summed E-state index contributed by atoms with van der Waals surface area (Å²) >= 11 is 0. The third kappa shape index (κ3) is 2.81. The van der Waals surface area contributed by atoms with Gasteiger partial charge in [0.1, 0.15) is 5.75 Å². The van der Waals surface area contributed by atoms with Gasteiger partial charge in [-0.1, -0.05) is 24.3 Å². The lowest BCUT2D eigenvalue weighted by Gasteiger charge is -2.13. The Morgan fingerprint density at radius 1 is 1.10 bits per heavy atom. The van der Waals surface area contributed by atoms with E-state index in [9.17, 15) is 18.3 Å². The molecule has 0 unspecified atom stereocenters. The third-order valence-electron chi connectivity index (χ3n) is 3.12. The van der Waals surface area contributed by atoms with Crippen molar-refractivity contribution in [2.24, 2.45) is 0 Å². The minimum Gasteiger partial charge on any atom is -0.507 e. The summed E-state index contributed by atoms with van der Waals surface area (Å²) in [6, 6.07) is 11.0. The van der Waals surface area contributed by atoms with Crippen molar-refractivity contribution >= 4 is 16.3 Å².